The minimum absolute atomic E-state index is 0.0822. The molecular weight excluding hydrogens is 256 g/mol. The second kappa shape index (κ2) is 5.85. The lowest BCUT2D eigenvalue weighted by Crippen LogP contribution is -2.17. The molecule has 0 spiro atoms. The smallest absolute Gasteiger partial charge is 0.231 e. The zero-order chi connectivity index (χ0) is 13.8. The van der Waals surface area contributed by atoms with Gasteiger partial charge in [-0.2, -0.15) is 4.98 Å². The number of nitrogens with zero attached hydrogens (tertiary/aromatic N) is 2. The Kier molecular flexibility index (Phi) is 4.18. The van der Waals surface area contributed by atoms with Gasteiger partial charge >= 0.3 is 0 Å². The Hall–Kier alpha value is -1.86. The highest BCUT2D eigenvalue weighted by molar-refractivity contribution is 5.21. The fourth-order valence-corrected chi connectivity index (χ4v) is 1.57. The molecule has 0 aliphatic heterocycles. The summed E-state index contributed by atoms with van der Waals surface area (Å²) < 4.78 is 36.0. The molecule has 2 rings (SSSR count). The second-order valence-corrected chi connectivity index (χ2v) is 4.02. The Balaban J connectivity index is 2.11. The molecule has 1 unspecified atom stereocenters. The van der Waals surface area contributed by atoms with Crippen LogP contribution in [-0.4, -0.2) is 23.9 Å². The van der Waals surface area contributed by atoms with Gasteiger partial charge in [0.1, 0.15) is 11.6 Å². The van der Waals surface area contributed by atoms with Crippen molar-refractivity contribution in [3.05, 3.63) is 47.1 Å². The molecule has 5 nitrogen and oxygen atoms in total. The number of rotatable bonds is 5. The Morgan fingerprint density at radius 1 is 1.42 bits per heavy atom. The van der Waals surface area contributed by atoms with Gasteiger partial charge in [-0.25, -0.2) is 8.78 Å². The zero-order valence-corrected chi connectivity index (χ0v) is 10.3. The second-order valence-electron chi connectivity index (χ2n) is 4.02. The van der Waals surface area contributed by atoms with Gasteiger partial charge in [-0.1, -0.05) is 11.2 Å². The normalized spacial score (nSPS) is 12.6. The van der Waals surface area contributed by atoms with E-state index >= 15 is 0 Å². The fourth-order valence-electron chi connectivity index (χ4n) is 1.57. The van der Waals surface area contributed by atoms with E-state index in [0.29, 0.717) is 5.82 Å². The standard InChI is InChI=1S/C12H13F2N3O2/c1-18-6-10(15)12-16-11(19-17-12)4-7-2-3-8(13)5-9(7)14/h2-3,5,10H,4,6,15H2,1H3. The van der Waals surface area contributed by atoms with Crippen molar-refractivity contribution in [2.45, 2.75) is 12.5 Å². The summed E-state index contributed by atoms with van der Waals surface area (Å²) in [4.78, 5) is 4.04. The molecule has 0 saturated carbocycles. The molecule has 0 fully saturated rings. The minimum atomic E-state index is -0.652. The average molecular weight is 269 g/mol. The van der Waals surface area contributed by atoms with Crippen molar-refractivity contribution in [3.63, 3.8) is 0 Å². The van der Waals surface area contributed by atoms with E-state index in [1.807, 2.05) is 0 Å². The third kappa shape index (κ3) is 3.33. The number of hydrogen-bond donors (Lipinski definition) is 1. The Morgan fingerprint density at radius 3 is 2.89 bits per heavy atom. The van der Waals surface area contributed by atoms with Gasteiger partial charge in [-0.3, -0.25) is 0 Å². The Morgan fingerprint density at radius 2 is 2.21 bits per heavy atom. The van der Waals surface area contributed by atoms with E-state index in [-0.39, 0.29) is 24.5 Å². The topological polar surface area (TPSA) is 74.2 Å². The molecular formula is C12H13F2N3O2. The summed E-state index contributed by atoms with van der Waals surface area (Å²) in [5.41, 5.74) is 6.00. The molecule has 0 radical (unpaired) electrons. The lowest BCUT2D eigenvalue weighted by molar-refractivity contribution is 0.177. The summed E-state index contributed by atoms with van der Waals surface area (Å²) in [6.45, 7) is 0.254. The van der Waals surface area contributed by atoms with Gasteiger partial charge in [0, 0.05) is 13.2 Å². The summed E-state index contributed by atoms with van der Waals surface area (Å²) in [6.07, 6.45) is 0.0822. The van der Waals surface area contributed by atoms with Gasteiger partial charge in [-0.05, 0) is 11.6 Å². The predicted molar refractivity (Wildman–Crippen MR) is 62.3 cm³/mol. The molecule has 1 heterocycles. The van der Waals surface area contributed by atoms with E-state index in [1.54, 1.807) is 0 Å². The minimum Gasteiger partial charge on any atom is -0.383 e. The largest absolute Gasteiger partial charge is 0.383 e. The maximum atomic E-state index is 13.4. The Labute approximate surface area is 108 Å². The SMILES string of the molecule is COCC(N)c1noc(Cc2ccc(F)cc2F)n1. The van der Waals surface area contributed by atoms with E-state index in [4.69, 9.17) is 15.0 Å². The molecule has 102 valence electrons. The van der Waals surface area contributed by atoms with Gasteiger partial charge in [0.15, 0.2) is 5.82 Å². The van der Waals surface area contributed by atoms with E-state index in [2.05, 4.69) is 10.1 Å². The van der Waals surface area contributed by atoms with Gasteiger partial charge in [0.05, 0.1) is 19.1 Å². The molecule has 0 amide bonds. The van der Waals surface area contributed by atoms with Crippen LogP contribution in [0.2, 0.25) is 0 Å². The summed E-state index contributed by atoms with van der Waals surface area (Å²) in [5, 5.41) is 3.69. The van der Waals surface area contributed by atoms with Gasteiger partial charge in [-0.15, -0.1) is 0 Å². The van der Waals surface area contributed by atoms with Crippen LogP contribution in [0.25, 0.3) is 0 Å². The number of nitrogens with two attached hydrogens (primary N) is 1. The number of methoxy groups -OCH3 is 1. The van der Waals surface area contributed by atoms with Crippen LogP contribution < -0.4 is 5.73 Å². The average Bonchev–Trinajstić information content (AvgIpc) is 2.82. The van der Waals surface area contributed by atoms with Crippen LogP contribution in [0, 0.1) is 11.6 Å². The summed E-state index contributed by atoms with van der Waals surface area (Å²) in [7, 11) is 1.51. The molecule has 1 aromatic heterocycles. The Bertz CT molecular complexity index is 560. The van der Waals surface area contributed by atoms with E-state index in [0.717, 1.165) is 6.07 Å². The summed E-state index contributed by atoms with van der Waals surface area (Å²) >= 11 is 0. The molecule has 7 heteroatoms. The van der Waals surface area contributed by atoms with Crippen molar-refractivity contribution in [2.24, 2.45) is 5.73 Å². The number of benzene rings is 1. The van der Waals surface area contributed by atoms with Crippen molar-refractivity contribution in [3.8, 4) is 0 Å². The number of aromatic nitrogens is 2. The highest BCUT2D eigenvalue weighted by Crippen LogP contribution is 2.15. The molecule has 1 aromatic carbocycles. The third-order valence-corrected chi connectivity index (χ3v) is 2.52. The first-order valence-electron chi connectivity index (χ1n) is 5.61. The number of halogens is 2. The van der Waals surface area contributed by atoms with Gasteiger partial charge < -0.3 is 15.0 Å². The molecule has 0 aliphatic rings. The molecule has 0 saturated heterocycles. The lowest BCUT2D eigenvalue weighted by Gasteiger charge is -2.03. The molecule has 1 atom stereocenters. The molecule has 19 heavy (non-hydrogen) atoms. The van der Waals surface area contributed by atoms with Crippen LogP contribution in [0.15, 0.2) is 22.7 Å². The predicted octanol–water partition coefficient (Wildman–Crippen LogP) is 1.58. The maximum Gasteiger partial charge on any atom is 0.231 e. The summed E-state index contributed by atoms with van der Waals surface area (Å²) in [5.74, 6) is -0.776. The maximum absolute atomic E-state index is 13.4. The van der Waals surface area contributed by atoms with Gasteiger partial charge in [0.25, 0.3) is 0 Å². The van der Waals surface area contributed by atoms with E-state index < -0.39 is 17.7 Å². The van der Waals surface area contributed by atoms with Crippen LogP contribution in [0.1, 0.15) is 23.3 Å². The third-order valence-electron chi connectivity index (χ3n) is 2.52. The van der Waals surface area contributed by atoms with Crippen LogP contribution in [0.4, 0.5) is 8.78 Å². The first-order chi connectivity index (χ1) is 9.10. The quantitative estimate of drug-likeness (QED) is 0.892. The van der Waals surface area contributed by atoms with Crippen LogP contribution in [0.5, 0.6) is 0 Å². The van der Waals surface area contributed by atoms with Crippen LogP contribution >= 0.6 is 0 Å². The van der Waals surface area contributed by atoms with E-state index in [9.17, 15) is 8.78 Å². The van der Waals surface area contributed by atoms with Crippen molar-refractivity contribution in [2.75, 3.05) is 13.7 Å². The van der Waals surface area contributed by atoms with Crippen molar-refractivity contribution in [1.29, 1.82) is 0 Å². The molecule has 0 aliphatic carbocycles. The van der Waals surface area contributed by atoms with E-state index in [1.165, 1.54) is 19.2 Å². The van der Waals surface area contributed by atoms with Gasteiger partial charge in [0.2, 0.25) is 5.89 Å². The molecule has 2 N–H and O–H groups in total. The monoisotopic (exact) mass is 269 g/mol. The first-order valence-corrected chi connectivity index (χ1v) is 5.61. The summed E-state index contributed by atoms with van der Waals surface area (Å²) in [6, 6.07) is 2.82. The fraction of sp³-hybridized carbons (Fsp3) is 0.333. The van der Waals surface area contributed by atoms with Crippen molar-refractivity contribution in [1.82, 2.24) is 10.1 Å². The molecule has 0 bridgehead atoms. The first kappa shape index (κ1) is 13.6. The van der Waals surface area contributed by atoms with Crippen LogP contribution in [0.3, 0.4) is 0 Å². The number of hydrogen-bond acceptors (Lipinski definition) is 5. The number of ether oxygens (including phenoxy) is 1. The lowest BCUT2D eigenvalue weighted by atomic mass is 10.1. The zero-order valence-electron chi connectivity index (χ0n) is 10.3. The van der Waals surface area contributed by atoms with Crippen molar-refractivity contribution < 1.29 is 18.0 Å². The highest BCUT2D eigenvalue weighted by atomic mass is 19.1. The molecule has 2 aromatic rings. The van der Waals surface area contributed by atoms with Crippen molar-refractivity contribution >= 4 is 0 Å². The van der Waals surface area contributed by atoms with Crippen LogP contribution in [-0.2, 0) is 11.2 Å². The highest BCUT2D eigenvalue weighted by Gasteiger charge is 2.15.